The maximum Gasteiger partial charge on any atom is 0.194 e. The van der Waals surface area contributed by atoms with Crippen LogP contribution < -0.4 is 15.0 Å². The molecular formula is C25H36N6O. The number of guanidine groups is 1. The van der Waals surface area contributed by atoms with E-state index >= 15 is 0 Å². The number of likely N-dealkylation sites (tertiary alicyclic amines) is 1. The molecule has 1 aromatic heterocycles. The number of anilines is 1. The number of rotatable bonds is 6. The van der Waals surface area contributed by atoms with Gasteiger partial charge < -0.3 is 24.8 Å². The summed E-state index contributed by atoms with van der Waals surface area (Å²) in [4.78, 5) is 16.9. The molecule has 0 amide bonds. The van der Waals surface area contributed by atoms with Gasteiger partial charge in [0.1, 0.15) is 11.6 Å². The third kappa shape index (κ3) is 5.33. The molecule has 1 N–H and O–H groups in total. The van der Waals surface area contributed by atoms with Crippen molar-refractivity contribution in [3.05, 3.63) is 53.7 Å². The number of piperazine rings is 1. The molecule has 1 atom stereocenters. The van der Waals surface area contributed by atoms with Crippen LogP contribution in [0.25, 0.3) is 0 Å². The average Bonchev–Trinajstić information content (AvgIpc) is 3.33. The lowest BCUT2D eigenvalue weighted by Crippen LogP contribution is -2.45. The zero-order chi connectivity index (χ0) is 22.3. The van der Waals surface area contributed by atoms with Crippen LogP contribution in [-0.2, 0) is 6.54 Å². The maximum absolute atomic E-state index is 5.31. The molecule has 2 saturated heterocycles. The fourth-order valence-corrected chi connectivity index (χ4v) is 4.54. The molecule has 0 bridgehead atoms. The van der Waals surface area contributed by atoms with Crippen LogP contribution in [0, 0.1) is 0 Å². The third-order valence-electron chi connectivity index (χ3n) is 6.48. The van der Waals surface area contributed by atoms with E-state index in [4.69, 9.17) is 14.7 Å². The summed E-state index contributed by atoms with van der Waals surface area (Å²) in [7, 11) is 3.89. The number of aliphatic imine (C=N–C) groups is 1. The number of benzene rings is 1. The first-order valence-corrected chi connectivity index (χ1v) is 11.7. The van der Waals surface area contributed by atoms with Crippen LogP contribution >= 0.6 is 0 Å². The Bertz CT molecular complexity index is 892. The highest BCUT2D eigenvalue weighted by Crippen LogP contribution is 2.28. The number of hydrogen-bond donors (Lipinski definition) is 1. The lowest BCUT2D eigenvalue weighted by atomic mass is 9.98. The van der Waals surface area contributed by atoms with E-state index in [0.717, 1.165) is 69.8 Å². The number of pyridine rings is 1. The number of nitrogens with one attached hydrogen (secondary N) is 1. The first-order valence-electron chi connectivity index (χ1n) is 11.7. The van der Waals surface area contributed by atoms with Gasteiger partial charge in [-0.25, -0.2) is 9.98 Å². The minimum absolute atomic E-state index is 0.518. The van der Waals surface area contributed by atoms with Gasteiger partial charge in [-0.1, -0.05) is 18.2 Å². The molecule has 1 aromatic carbocycles. The van der Waals surface area contributed by atoms with Crippen molar-refractivity contribution in [2.75, 3.05) is 64.9 Å². The SMILES string of the molecule is CCNC(=NCc1cccnc1N1CCN(C)CC1)N1CCC(c2ccc(OC)cc2)C1. The van der Waals surface area contributed by atoms with E-state index in [1.54, 1.807) is 7.11 Å². The van der Waals surface area contributed by atoms with Crippen molar-refractivity contribution in [2.45, 2.75) is 25.8 Å². The van der Waals surface area contributed by atoms with Gasteiger partial charge in [-0.05, 0) is 44.2 Å². The molecule has 0 radical (unpaired) electrons. The highest BCUT2D eigenvalue weighted by molar-refractivity contribution is 5.80. The first-order chi connectivity index (χ1) is 15.7. The van der Waals surface area contributed by atoms with Crippen molar-refractivity contribution in [2.24, 2.45) is 4.99 Å². The van der Waals surface area contributed by atoms with Crippen LogP contribution in [0.2, 0.25) is 0 Å². The summed E-state index contributed by atoms with van der Waals surface area (Å²) in [6, 6.07) is 12.7. The predicted molar refractivity (Wildman–Crippen MR) is 131 cm³/mol. The summed E-state index contributed by atoms with van der Waals surface area (Å²) >= 11 is 0. The minimum atomic E-state index is 0.518. The van der Waals surface area contributed by atoms with E-state index in [2.05, 4.69) is 64.3 Å². The summed E-state index contributed by atoms with van der Waals surface area (Å²) in [5.74, 6) is 3.50. The Hall–Kier alpha value is -2.80. The molecular weight excluding hydrogens is 400 g/mol. The molecule has 172 valence electrons. The van der Waals surface area contributed by atoms with Gasteiger partial charge in [0.2, 0.25) is 0 Å². The van der Waals surface area contributed by atoms with E-state index in [-0.39, 0.29) is 0 Å². The molecule has 4 rings (SSSR count). The number of ether oxygens (including phenoxy) is 1. The van der Waals surface area contributed by atoms with Gasteiger partial charge >= 0.3 is 0 Å². The van der Waals surface area contributed by atoms with Crippen LogP contribution in [0.3, 0.4) is 0 Å². The molecule has 0 aliphatic carbocycles. The quantitative estimate of drug-likeness (QED) is 0.555. The summed E-state index contributed by atoms with van der Waals surface area (Å²) in [5.41, 5.74) is 2.56. The second kappa shape index (κ2) is 10.7. The Labute approximate surface area is 192 Å². The van der Waals surface area contributed by atoms with Crippen molar-refractivity contribution in [3.63, 3.8) is 0 Å². The topological polar surface area (TPSA) is 56.2 Å². The largest absolute Gasteiger partial charge is 0.497 e. The summed E-state index contributed by atoms with van der Waals surface area (Å²) < 4.78 is 5.31. The second-order valence-corrected chi connectivity index (χ2v) is 8.65. The van der Waals surface area contributed by atoms with Gasteiger partial charge in [-0.2, -0.15) is 0 Å². The standard InChI is InChI=1S/C25H36N6O/c1-4-26-25(31-13-11-22(19-31)20-7-9-23(32-3)10-8-20)28-18-21-6-5-12-27-24(21)30-16-14-29(2)15-17-30/h5-10,12,22H,4,11,13-19H2,1-3H3,(H,26,28). The molecule has 1 unspecified atom stereocenters. The molecule has 0 spiro atoms. The Balaban J connectivity index is 1.45. The van der Waals surface area contributed by atoms with Crippen molar-refractivity contribution >= 4 is 11.8 Å². The van der Waals surface area contributed by atoms with Gasteiger partial charge in [0.15, 0.2) is 5.96 Å². The number of methoxy groups -OCH3 is 1. The molecule has 7 heteroatoms. The summed E-state index contributed by atoms with van der Waals surface area (Å²) in [6.07, 6.45) is 3.03. The Morgan fingerprint density at radius 2 is 1.91 bits per heavy atom. The Morgan fingerprint density at radius 1 is 1.12 bits per heavy atom. The van der Waals surface area contributed by atoms with E-state index in [1.807, 2.05) is 12.3 Å². The molecule has 2 aliphatic heterocycles. The lowest BCUT2D eigenvalue weighted by molar-refractivity contribution is 0.312. The number of likely N-dealkylation sites (N-methyl/N-ethyl adjacent to an activating group) is 1. The van der Waals surface area contributed by atoms with Crippen LogP contribution in [0.15, 0.2) is 47.6 Å². The Kier molecular flexibility index (Phi) is 7.47. The number of nitrogens with zero attached hydrogens (tertiary/aromatic N) is 5. The van der Waals surface area contributed by atoms with Crippen LogP contribution in [0.1, 0.15) is 30.4 Å². The summed E-state index contributed by atoms with van der Waals surface area (Å²) in [5, 5.41) is 3.51. The zero-order valence-corrected chi connectivity index (χ0v) is 19.6. The van der Waals surface area contributed by atoms with Crippen molar-refractivity contribution in [3.8, 4) is 5.75 Å². The maximum atomic E-state index is 5.31. The van der Waals surface area contributed by atoms with Gasteiger partial charge in [0.25, 0.3) is 0 Å². The predicted octanol–water partition coefficient (Wildman–Crippen LogP) is 2.80. The average molecular weight is 437 g/mol. The van der Waals surface area contributed by atoms with Gasteiger partial charge in [-0.15, -0.1) is 0 Å². The molecule has 32 heavy (non-hydrogen) atoms. The van der Waals surface area contributed by atoms with Crippen LogP contribution in [-0.4, -0.2) is 80.7 Å². The minimum Gasteiger partial charge on any atom is -0.497 e. The second-order valence-electron chi connectivity index (χ2n) is 8.65. The molecule has 3 heterocycles. The third-order valence-corrected chi connectivity index (χ3v) is 6.48. The van der Waals surface area contributed by atoms with E-state index in [9.17, 15) is 0 Å². The van der Waals surface area contributed by atoms with E-state index in [1.165, 1.54) is 11.1 Å². The molecule has 2 aromatic rings. The summed E-state index contributed by atoms with van der Waals surface area (Å²) in [6.45, 7) is 9.80. The van der Waals surface area contributed by atoms with Crippen molar-refractivity contribution in [1.29, 1.82) is 0 Å². The van der Waals surface area contributed by atoms with Crippen LogP contribution in [0.4, 0.5) is 5.82 Å². The van der Waals surface area contributed by atoms with E-state index in [0.29, 0.717) is 12.5 Å². The highest BCUT2D eigenvalue weighted by Gasteiger charge is 2.26. The fraction of sp³-hybridized carbons (Fsp3) is 0.520. The van der Waals surface area contributed by atoms with Gasteiger partial charge in [-0.3, -0.25) is 0 Å². The van der Waals surface area contributed by atoms with Crippen molar-refractivity contribution < 1.29 is 4.74 Å². The first kappa shape index (κ1) is 22.4. The van der Waals surface area contributed by atoms with Gasteiger partial charge in [0.05, 0.1) is 13.7 Å². The van der Waals surface area contributed by atoms with E-state index < -0.39 is 0 Å². The normalized spacial score (nSPS) is 20.0. The molecule has 0 saturated carbocycles. The fourth-order valence-electron chi connectivity index (χ4n) is 4.54. The number of hydrogen-bond acceptors (Lipinski definition) is 5. The highest BCUT2D eigenvalue weighted by atomic mass is 16.5. The van der Waals surface area contributed by atoms with Crippen molar-refractivity contribution in [1.82, 2.24) is 20.1 Å². The van der Waals surface area contributed by atoms with Gasteiger partial charge in [0, 0.05) is 63.5 Å². The molecule has 2 fully saturated rings. The molecule has 7 nitrogen and oxygen atoms in total. The smallest absolute Gasteiger partial charge is 0.194 e. The zero-order valence-electron chi connectivity index (χ0n) is 19.6. The monoisotopic (exact) mass is 436 g/mol. The lowest BCUT2D eigenvalue weighted by Gasteiger charge is -2.34. The molecule has 2 aliphatic rings. The van der Waals surface area contributed by atoms with Crippen LogP contribution in [0.5, 0.6) is 5.75 Å². The Morgan fingerprint density at radius 3 is 2.62 bits per heavy atom. The number of aromatic nitrogens is 1.